The smallest absolute Gasteiger partial charge is 0.334 e. The lowest BCUT2D eigenvalue weighted by molar-refractivity contribution is -0.146. The molecule has 0 aliphatic carbocycles. The van der Waals surface area contributed by atoms with E-state index in [1.165, 1.54) is 0 Å². The summed E-state index contributed by atoms with van der Waals surface area (Å²) < 4.78 is 16.9. The van der Waals surface area contributed by atoms with Gasteiger partial charge in [0.25, 0.3) is 0 Å². The molecule has 41 heavy (non-hydrogen) atoms. The molecular weight excluding hydrogens is 524 g/mol. The average Bonchev–Trinajstić information content (AvgIpc) is 3.74. The highest BCUT2D eigenvalue weighted by molar-refractivity contribution is 5.88. The van der Waals surface area contributed by atoms with Gasteiger partial charge in [-0.3, -0.25) is 0 Å². The van der Waals surface area contributed by atoms with Crippen molar-refractivity contribution >= 4 is 5.97 Å². The molecule has 2 aliphatic rings. The predicted molar refractivity (Wildman–Crippen MR) is 160 cm³/mol. The van der Waals surface area contributed by atoms with Crippen molar-refractivity contribution in [1.29, 1.82) is 0 Å². The number of aliphatic hydroxyl groups is 4. The Morgan fingerprint density at radius 3 is 2.24 bits per heavy atom. The highest BCUT2D eigenvalue weighted by Crippen LogP contribution is 2.34. The largest absolute Gasteiger partial charge is 0.458 e. The Bertz CT molecular complexity index is 940. The molecule has 0 bridgehead atoms. The molecule has 0 aromatic carbocycles. The predicted octanol–water partition coefficient (Wildman–Crippen LogP) is 4.27. The van der Waals surface area contributed by atoms with Crippen LogP contribution in [0.5, 0.6) is 0 Å². The fourth-order valence-corrected chi connectivity index (χ4v) is 5.41. The molecule has 2 aliphatic heterocycles. The molecule has 2 rings (SSSR count). The van der Waals surface area contributed by atoms with Gasteiger partial charge in [-0.25, -0.2) is 4.79 Å². The minimum atomic E-state index is -0.760. The zero-order chi connectivity index (χ0) is 30.9. The molecule has 0 aromatic rings. The van der Waals surface area contributed by atoms with E-state index in [1.807, 2.05) is 71.9 Å². The molecule has 0 saturated carbocycles. The molecule has 0 amide bonds. The van der Waals surface area contributed by atoms with E-state index in [0.717, 1.165) is 5.57 Å². The first-order valence-corrected chi connectivity index (χ1v) is 15.1. The molecule has 1 fully saturated rings. The van der Waals surface area contributed by atoms with Crippen LogP contribution in [0.3, 0.4) is 0 Å². The number of allylic oxidation sites excluding steroid dienone is 4. The number of hydrogen-bond donors (Lipinski definition) is 4. The van der Waals surface area contributed by atoms with Gasteiger partial charge in [-0.15, -0.1) is 0 Å². The maximum atomic E-state index is 13.1. The van der Waals surface area contributed by atoms with E-state index in [2.05, 4.69) is 0 Å². The van der Waals surface area contributed by atoms with Gasteiger partial charge < -0.3 is 34.6 Å². The third kappa shape index (κ3) is 10.8. The fraction of sp³-hybridized carbons (Fsp3) is 0.727. The molecule has 8 heteroatoms. The second-order valence-corrected chi connectivity index (χ2v) is 12.3. The average molecular weight is 579 g/mol. The maximum absolute atomic E-state index is 13.1. The zero-order valence-corrected chi connectivity index (χ0v) is 26.1. The highest BCUT2D eigenvalue weighted by atomic mass is 16.6. The molecule has 234 valence electrons. The van der Waals surface area contributed by atoms with Crippen molar-refractivity contribution in [2.45, 2.75) is 123 Å². The first-order chi connectivity index (χ1) is 19.3. The number of cyclic esters (lactones) is 1. The Kier molecular flexibility index (Phi) is 14.4. The van der Waals surface area contributed by atoms with Crippen molar-refractivity contribution in [3.63, 3.8) is 0 Å². The SMILES string of the molecule is COC(C)C(C)C(O)C(C)C(O)CCC(C)C1CC=CC=CCC(O)C2OC2C(O)C(C)C=C(C)C=C(C)C(=O)O1. The van der Waals surface area contributed by atoms with Crippen molar-refractivity contribution < 1.29 is 39.4 Å². The monoisotopic (exact) mass is 578 g/mol. The van der Waals surface area contributed by atoms with Crippen LogP contribution in [0.25, 0.3) is 0 Å². The van der Waals surface area contributed by atoms with Gasteiger partial charge in [0, 0.05) is 36.9 Å². The zero-order valence-electron chi connectivity index (χ0n) is 26.1. The number of fused-ring (bicyclic) bond motifs is 1. The van der Waals surface area contributed by atoms with Gasteiger partial charge >= 0.3 is 5.97 Å². The number of aliphatic hydroxyl groups excluding tert-OH is 4. The van der Waals surface area contributed by atoms with Gasteiger partial charge in [0.2, 0.25) is 0 Å². The van der Waals surface area contributed by atoms with Crippen molar-refractivity contribution in [2.24, 2.45) is 23.7 Å². The minimum absolute atomic E-state index is 0.0436. The summed E-state index contributed by atoms with van der Waals surface area (Å²) in [6, 6.07) is 0. The summed E-state index contributed by atoms with van der Waals surface area (Å²) in [6.07, 6.45) is 8.91. The van der Waals surface area contributed by atoms with E-state index in [-0.39, 0.29) is 29.8 Å². The molecule has 0 aromatic heterocycles. The lowest BCUT2D eigenvalue weighted by Crippen LogP contribution is -2.39. The second kappa shape index (κ2) is 16.7. The summed E-state index contributed by atoms with van der Waals surface area (Å²) in [5, 5.41) is 42.7. The number of esters is 1. The van der Waals surface area contributed by atoms with Gasteiger partial charge in [-0.1, -0.05) is 63.6 Å². The van der Waals surface area contributed by atoms with E-state index >= 15 is 0 Å². The van der Waals surface area contributed by atoms with Crippen molar-refractivity contribution in [3.05, 3.63) is 47.6 Å². The van der Waals surface area contributed by atoms with E-state index in [0.29, 0.717) is 31.3 Å². The number of ether oxygens (including phenoxy) is 3. The van der Waals surface area contributed by atoms with Gasteiger partial charge in [-0.2, -0.15) is 0 Å². The van der Waals surface area contributed by atoms with Crippen LogP contribution >= 0.6 is 0 Å². The van der Waals surface area contributed by atoms with Gasteiger partial charge in [-0.05, 0) is 52.0 Å². The third-order valence-corrected chi connectivity index (χ3v) is 8.84. The number of rotatable bonds is 9. The lowest BCUT2D eigenvalue weighted by atomic mass is 9.83. The Morgan fingerprint density at radius 1 is 0.976 bits per heavy atom. The summed E-state index contributed by atoms with van der Waals surface area (Å²) in [6.45, 7) is 13.1. The van der Waals surface area contributed by atoms with Crippen LogP contribution in [0.15, 0.2) is 47.6 Å². The molecule has 0 radical (unpaired) electrons. The van der Waals surface area contributed by atoms with Crippen LogP contribution in [-0.4, -0.2) is 82.3 Å². The van der Waals surface area contributed by atoms with E-state index < -0.39 is 48.7 Å². The van der Waals surface area contributed by atoms with Crippen LogP contribution in [-0.2, 0) is 19.0 Å². The summed E-state index contributed by atoms with van der Waals surface area (Å²) in [7, 11) is 1.61. The first kappa shape index (κ1) is 35.4. The molecule has 12 atom stereocenters. The Balaban J connectivity index is 2.14. The van der Waals surface area contributed by atoms with E-state index in [4.69, 9.17) is 14.2 Å². The van der Waals surface area contributed by atoms with E-state index in [9.17, 15) is 25.2 Å². The van der Waals surface area contributed by atoms with Gasteiger partial charge in [0.05, 0.1) is 30.5 Å². The summed E-state index contributed by atoms with van der Waals surface area (Å²) in [4.78, 5) is 13.1. The number of carbonyl (C=O) groups is 1. The Morgan fingerprint density at radius 2 is 1.61 bits per heavy atom. The quantitative estimate of drug-likeness (QED) is 0.236. The van der Waals surface area contributed by atoms with Crippen LogP contribution in [0.4, 0.5) is 0 Å². The van der Waals surface area contributed by atoms with Crippen molar-refractivity contribution in [3.8, 4) is 0 Å². The Labute approximate surface area is 246 Å². The standard InChI is InChI=1S/C33H54O8/c1-19-17-21(3)29(36)32-31(41-32)27(35)13-11-9-10-12-14-28(40-33(38)22(4)18-19)20(2)15-16-26(34)24(6)30(37)23(5)25(7)39-8/h9-12,17-18,20-21,23-32,34-37H,13-16H2,1-8H3. The summed E-state index contributed by atoms with van der Waals surface area (Å²) in [5.74, 6) is -1.14. The molecule has 2 heterocycles. The fourth-order valence-electron chi connectivity index (χ4n) is 5.41. The summed E-state index contributed by atoms with van der Waals surface area (Å²) >= 11 is 0. The number of hydrogen-bond acceptors (Lipinski definition) is 8. The van der Waals surface area contributed by atoms with Gasteiger partial charge in [0.15, 0.2) is 0 Å². The molecular formula is C33H54O8. The van der Waals surface area contributed by atoms with Gasteiger partial charge in [0.1, 0.15) is 18.3 Å². The minimum Gasteiger partial charge on any atom is -0.458 e. The Hall–Kier alpha value is -1.81. The third-order valence-electron chi connectivity index (χ3n) is 8.84. The first-order valence-electron chi connectivity index (χ1n) is 15.1. The van der Waals surface area contributed by atoms with Crippen LogP contribution in [0.1, 0.15) is 74.1 Å². The number of carbonyl (C=O) groups excluding carboxylic acids is 1. The highest BCUT2D eigenvalue weighted by Gasteiger charge is 2.49. The molecule has 12 unspecified atom stereocenters. The number of epoxide rings is 1. The summed E-state index contributed by atoms with van der Waals surface area (Å²) in [5.41, 5.74) is 1.28. The van der Waals surface area contributed by atoms with Crippen molar-refractivity contribution in [2.75, 3.05) is 7.11 Å². The molecule has 1 saturated heterocycles. The maximum Gasteiger partial charge on any atom is 0.334 e. The topological polar surface area (TPSA) is 129 Å². The van der Waals surface area contributed by atoms with E-state index in [1.54, 1.807) is 20.1 Å². The second-order valence-electron chi connectivity index (χ2n) is 12.3. The van der Waals surface area contributed by atoms with Crippen LogP contribution in [0.2, 0.25) is 0 Å². The molecule has 0 spiro atoms. The molecule has 4 N–H and O–H groups in total. The van der Waals surface area contributed by atoms with Crippen molar-refractivity contribution in [1.82, 2.24) is 0 Å². The van der Waals surface area contributed by atoms with Crippen LogP contribution in [0, 0.1) is 23.7 Å². The van der Waals surface area contributed by atoms with Crippen LogP contribution < -0.4 is 0 Å². The molecule has 8 nitrogen and oxygen atoms in total. The normalized spacial score (nSPS) is 32.6. The number of methoxy groups -OCH3 is 1. The lowest BCUT2D eigenvalue weighted by Gasteiger charge is -2.32.